The standard InChI is InChI=1S/C15H23N/c1-3-5-12(2)16-11-13-6-4-7-15(10-13)14-8-9-14/h4,6-7,10,12,14,16H,3,5,8-9,11H2,1-2H3. The smallest absolute Gasteiger partial charge is 0.0208 e. The molecule has 1 aromatic carbocycles. The molecule has 0 saturated heterocycles. The highest BCUT2D eigenvalue weighted by atomic mass is 14.9. The first-order valence-corrected chi connectivity index (χ1v) is 6.62. The highest BCUT2D eigenvalue weighted by Gasteiger charge is 2.23. The molecule has 16 heavy (non-hydrogen) atoms. The molecule has 88 valence electrons. The summed E-state index contributed by atoms with van der Waals surface area (Å²) in [4.78, 5) is 0. The maximum Gasteiger partial charge on any atom is 0.0208 e. The summed E-state index contributed by atoms with van der Waals surface area (Å²) in [7, 11) is 0. The van der Waals surface area contributed by atoms with E-state index in [9.17, 15) is 0 Å². The summed E-state index contributed by atoms with van der Waals surface area (Å²) in [6, 6.07) is 9.72. The third-order valence-corrected chi connectivity index (χ3v) is 3.38. The van der Waals surface area contributed by atoms with Crippen LogP contribution in [0, 0.1) is 0 Å². The minimum absolute atomic E-state index is 0.634. The number of hydrogen-bond donors (Lipinski definition) is 1. The maximum atomic E-state index is 3.59. The lowest BCUT2D eigenvalue weighted by molar-refractivity contribution is 0.508. The predicted molar refractivity (Wildman–Crippen MR) is 69.6 cm³/mol. The Morgan fingerprint density at radius 2 is 2.19 bits per heavy atom. The molecule has 0 spiro atoms. The normalized spacial score (nSPS) is 17.4. The van der Waals surface area contributed by atoms with Crippen LogP contribution in [0.1, 0.15) is 56.6 Å². The van der Waals surface area contributed by atoms with Gasteiger partial charge in [-0.25, -0.2) is 0 Å². The van der Waals surface area contributed by atoms with Crippen molar-refractivity contribution in [1.29, 1.82) is 0 Å². The average molecular weight is 217 g/mol. The summed E-state index contributed by atoms with van der Waals surface area (Å²) in [6.45, 7) is 5.53. The van der Waals surface area contributed by atoms with E-state index in [2.05, 4.69) is 43.4 Å². The molecule has 1 fully saturated rings. The Kier molecular flexibility index (Phi) is 4.00. The van der Waals surface area contributed by atoms with Gasteiger partial charge in [0.15, 0.2) is 0 Å². The lowest BCUT2D eigenvalue weighted by atomic mass is 10.1. The van der Waals surface area contributed by atoms with Gasteiger partial charge in [-0.15, -0.1) is 0 Å². The highest BCUT2D eigenvalue weighted by Crippen LogP contribution is 2.40. The highest BCUT2D eigenvalue weighted by molar-refractivity contribution is 5.29. The Bertz CT molecular complexity index is 328. The van der Waals surface area contributed by atoms with E-state index in [0.717, 1.165) is 12.5 Å². The van der Waals surface area contributed by atoms with Gasteiger partial charge in [-0.05, 0) is 43.2 Å². The zero-order chi connectivity index (χ0) is 11.4. The monoisotopic (exact) mass is 217 g/mol. The molecule has 2 rings (SSSR count). The summed E-state index contributed by atoms with van der Waals surface area (Å²) in [6.07, 6.45) is 5.31. The zero-order valence-corrected chi connectivity index (χ0v) is 10.5. The molecular weight excluding hydrogens is 194 g/mol. The minimum Gasteiger partial charge on any atom is -0.310 e. The quantitative estimate of drug-likeness (QED) is 0.763. The SMILES string of the molecule is CCCC(C)NCc1cccc(C2CC2)c1. The molecule has 1 N–H and O–H groups in total. The van der Waals surface area contributed by atoms with Crippen molar-refractivity contribution in [3.63, 3.8) is 0 Å². The van der Waals surface area contributed by atoms with Gasteiger partial charge in [-0.3, -0.25) is 0 Å². The number of rotatable bonds is 6. The fourth-order valence-electron chi connectivity index (χ4n) is 2.20. The molecular formula is C15H23N. The van der Waals surface area contributed by atoms with E-state index in [1.54, 1.807) is 5.56 Å². The molecule has 0 amide bonds. The third kappa shape index (κ3) is 3.34. The van der Waals surface area contributed by atoms with Gasteiger partial charge in [-0.1, -0.05) is 37.6 Å². The lowest BCUT2D eigenvalue weighted by Gasteiger charge is -2.13. The maximum absolute atomic E-state index is 3.59. The van der Waals surface area contributed by atoms with Crippen molar-refractivity contribution in [1.82, 2.24) is 5.32 Å². The lowest BCUT2D eigenvalue weighted by Crippen LogP contribution is -2.25. The van der Waals surface area contributed by atoms with Gasteiger partial charge in [0, 0.05) is 12.6 Å². The second kappa shape index (κ2) is 5.49. The zero-order valence-electron chi connectivity index (χ0n) is 10.5. The molecule has 0 aromatic heterocycles. The van der Waals surface area contributed by atoms with Crippen molar-refractivity contribution in [2.24, 2.45) is 0 Å². The molecule has 0 aliphatic heterocycles. The van der Waals surface area contributed by atoms with Gasteiger partial charge >= 0.3 is 0 Å². The molecule has 1 nitrogen and oxygen atoms in total. The topological polar surface area (TPSA) is 12.0 Å². The number of benzene rings is 1. The van der Waals surface area contributed by atoms with Crippen molar-refractivity contribution < 1.29 is 0 Å². The third-order valence-electron chi connectivity index (χ3n) is 3.38. The first-order chi connectivity index (χ1) is 7.79. The Labute approximate surface area is 99.3 Å². The van der Waals surface area contributed by atoms with E-state index < -0.39 is 0 Å². The van der Waals surface area contributed by atoms with E-state index in [1.807, 2.05) is 0 Å². The molecule has 1 atom stereocenters. The molecule has 1 heteroatoms. The van der Waals surface area contributed by atoms with E-state index >= 15 is 0 Å². The summed E-state index contributed by atoms with van der Waals surface area (Å²) in [5.74, 6) is 0.869. The first kappa shape index (κ1) is 11.7. The summed E-state index contributed by atoms with van der Waals surface area (Å²) in [5.41, 5.74) is 2.98. The Hall–Kier alpha value is -0.820. The molecule has 0 radical (unpaired) electrons. The molecule has 1 aromatic rings. The van der Waals surface area contributed by atoms with Crippen LogP contribution in [0.25, 0.3) is 0 Å². The van der Waals surface area contributed by atoms with Crippen LogP contribution in [-0.4, -0.2) is 6.04 Å². The van der Waals surface area contributed by atoms with Crippen LogP contribution in [0.4, 0.5) is 0 Å². The van der Waals surface area contributed by atoms with Gasteiger partial charge in [0.1, 0.15) is 0 Å². The minimum atomic E-state index is 0.634. The fourth-order valence-corrected chi connectivity index (χ4v) is 2.20. The molecule has 0 heterocycles. The molecule has 0 bridgehead atoms. The predicted octanol–water partition coefficient (Wildman–Crippen LogP) is 3.84. The van der Waals surface area contributed by atoms with Crippen molar-refractivity contribution in [3.8, 4) is 0 Å². The summed E-state index contributed by atoms with van der Waals surface area (Å²) < 4.78 is 0. The summed E-state index contributed by atoms with van der Waals surface area (Å²) >= 11 is 0. The Balaban J connectivity index is 1.86. The molecule has 1 aliphatic carbocycles. The fraction of sp³-hybridized carbons (Fsp3) is 0.600. The second-order valence-electron chi connectivity index (χ2n) is 5.09. The van der Waals surface area contributed by atoms with Crippen LogP contribution in [0.3, 0.4) is 0 Å². The van der Waals surface area contributed by atoms with Gasteiger partial charge in [-0.2, -0.15) is 0 Å². The number of hydrogen-bond acceptors (Lipinski definition) is 1. The second-order valence-corrected chi connectivity index (χ2v) is 5.09. The van der Waals surface area contributed by atoms with Crippen LogP contribution >= 0.6 is 0 Å². The molecule has 1 saturated carbocycles. The van der Waals surface area contributed by atoms with Crippen LogP contribution in [0.5, 0.6) is 0 Å². The number of nitrogens with one attached hydrogen (secondary N) is 1. The van der Waals surface area contributed by atoms with Crippen molar-refractivity contribution in [2.75, 3.05) is 0 Å². The van der Waals surface area contributed by atoms with Crippen molar-refractivity contribution >= 4 is 0 Å². The van der Waals surface area contributed by atoms with Crippen molar-refractivity contribution in [2.45, 2.75) is 58.0 Å². The van der Waals surface area contributed by atoms with Gasteiger partial charge in [0.25, 0.3) is 0 Å². The van der Waals surface area contributed by atoms with Crippen LogP contribution in [-0.2, 0) is 6.54 Å². The van der Waals surface area contributed by atoms with E-state index in [0.29, 0.717) is 6.04 Å². The van der Waals surface area contributed by atoms with Gasteiger partial charge in [0.05, 0.1) is 0 Å². The average Bonchev–Trinajstić information content (AvgIpc) is 3.11. The van der Waals surface area contributed by atoms with Crippen molar-refractivity contribution in [3.05, 3.63) is 35.4 Å². The molecule has 1 unspecified atom stereocenters. The van der Waals surface area contributed by atoms with Crippen LogP contribution in [0.15, 0.2) is 24.3 Å². The van der Waals surface area contributed by atoms with Crippen LogP contribution in [0.2, 0.25) is 0 Å². The van der Waals surface area contributed by atoms with E-state index in [4.69, 9.17) is 0 Å². The van der Waals surface area contributed by atoms with Gasteiger partial charge in [0.2, 0.25) is 0 Å². The Morgan fingerprint density at radius 3 is 2.88 bits per heavy atom. The van der Waals surface area contributed by atoms with E-state index in [1.165, 1.54) is 31.2 Å². The molecule has 1 aliphatic rings. The van der Waals surface area contributed by atoms with Gasteiger partial charge < -0.3 is 5.32 Å². The van der Waals surface area contributed by atoms with E-state index in [-0.39, 0.29) is 0 Å². The van der Waals surface area contributed by atoms with Crippen LogP contribution < -0.4 is 5.32 Å². The summed E-state index contributed by atoms with van der Waals surface area (Å²) in [5, 5.41) is 3.59. The largest absolute Gasteiger partial charge is 0.310 e. The first-order valence-electron chi connectivity index (χ1n) is 6.62. The Morgan fingerprint density at radius 1 is 1.38 bits per heavy atom.